The van der Waals surface area contributed by atoms with E-state index in [1.165, 1.54) is 0 Å². The molecule has 7 heteroatoms. The van der Waals surface area contributed by atoms with Crippen LogP contribution in [0.4, 0.5) is 0 Å². The minimum Gasteiger partial charge on any atom is -0.490 e. The van der Waals surface area contributed by atoms with Crippen LogP contribution in [0.2, 0.25) is 0 Å². The molecule has 0 heterocycles. The molecular formula is C22H24N2O5. The quantitative estimate of drug-likeness (QED) is 0.366. The number of hydrogen-bond donors (Lipinski definition) is 2. The summed E-state index contributed by atoms with van der Waals surface area (Å²) in [7, 11) is 0. The molecule has 0 aliphatic rings. The molecule has 0 aliphatic heterocycles. The maximum atomic E-state index is 12.0. The monoisotopic (exact) mass is 396 g/mol. The maximum absolute atomic E-state index is 12.0. The smallest absolute Gasteiger partial charge is 0.306 e. The predicted molar refractivity (Wildman–Crippen MR) is 108 cm³/mol. The van der Waals surface area contributed by atoms with E-state index in [1.807, 2.05) is 30.3 Å². The Labute approximate surface area is 169 Å². The minimum atomic E-state index is -0.482. The molecule has 0 fully saturated rings. The average Bonchev–Trinajstić information content (AvgIpc) is 2.75. The molecule has 2 aromatic carbocycles. The van der Waals surface area contributed by atoms with Gasteiger partial charge >= 0.3 is 5.97 Å². The second-order valence-electron chi connectivity index (χ2n) is 6.08. The molecule has 0 radical (unpaired) electrons. The lowest BCUT2D eigenvalue weighted by Gasteiger charge is -2.08. The summed E-state index contributed by atoms with van der Waals surface area (Å²) in [5.41, 5.74) is 6.01. The maximum Gasteiger partial charge on any atom is 0.306 e. The fraction of sp³-hybridized carbons (Fsp3) is 0.227. The lowest BCUT2D eigenvalue weighted by Crippen LogP contribution is -2.41. The highest BCUT2D eigenvalue weighted by molar-refractivity contribution is 5.95. The van der Waals surface area contributed by atoms with Crippen LogP contribution < -0.4 is 15.6 Å². The lowest BCUT2D eigenvalue weighted by molar-refractivity contribution is -0.144. The molecule has 2 N–H and O–H groups in total. The molecule has 0 bridgehead atoms. The SMILES string of the molecule is C=CCOc1ccc(C(=O)NNC(=O)CCC(=O)OCCc2ccccc2)cc1. The second kappa shape index (κ2) is 12.0. The van der Waals surface area contributed by atoms with Gasteiger partial charge in [0.2, 0.25) is 5.91 Å². The number of hydrogen-bond acceptors (Lipinski definition) is 5. The van der Waals surface area contributed by atoms with Crippen LogP contribution in [0.25, 0.3) is 0 Å². The molecule has 2 amide bonds. The van der Waals surface area contributed by atoms with Gasteiger partial charge in [-0.1, -0.05) is 43.0 Å². The van der Waals surface area contributed by atoms with E-state index < -0.39 is 17.8 Å². The van der Waals surface area contributed by atoms with Gasteiger partial charge in [-0.05, 0) is 29.8 Å². The Morgan fingerprint density at radius 1 is 0.931 bits per heavy atom. The fourth-order valence-corrected chi connectivity index (χ4v) is 2.33. The highest BCUT2D eigenvalue weighted by Gasteiger charge is 2.10. The third-order valence-electron chi connectivity index (χ3n) is 3.85. The van der Waals surface area contributed by atoms with E-state index in [0.717, 1.165) is 5.56 Å². The Balaban J connectivity index is 1.62. The van der Waals surface area contributed by atoms with E-state index in [4.69, 9.17) is 9.47 Å². The van der Waals surface area contributed by atoms with Gasteiger partial charge in [0.15, 0.2) is 0 Å². The standard InChI is InChI=1S/C22H24N2O5/c1-2-15-28-19-10-8-18(9-11-19)22(27)24-23-20(25)12-13-21(26)29-16-14-17-6-4-3-5-7-17/h2-11H,1,12-16H2,(H,23,25)(H,24,27). The van der Waals surface area contributed by atoms with Crippen molar-refractivity contribution in [3.05, 3.63) is 78.4 Å². The van der Waals surface area contributed by atoms with Crippen LogP contribution >= 0.6 is 0 Å². The highest BCUT2D eigenvalue weighted by atomic mass is 16.5. The molecule has 0 aliphatic carbocycles. The Hall–Kier alpha value is -3.61. The number of amides is 2. The first-order chi connectivity index (χ1) is 14.1. The van der Waals surface area contributed by atoms with Crippen molar-refractivity contribution in [3.63, 3.8) is 0 Å². The van der Waals surface area contributed by atoms with Crippen molar-refractivity contribution in [3.8, 4) is 5.75 Å². The largest absolute Gasteiger partial charge is 0.490 e. The zero-order valence-electron chi connectivity index (χ0n) is 16.1. The summed E-state index contributed by atoms with van der Waals surface area (Å²) in [5, 5.41) is 0. The highest BCUT2D eigenvalue weighted by Crippen LogP contribution is 2.12. The van der Waals surface area contributed by atoms with E-state index in [-0.39, 0.29) is 19.4 Å². The summed E-state index contributed by atoms with van der Waals surface area (Å²) in [4.78, 5) is 35.5. The number of carbonyl (C=O) groups is 3. The predicted octanol–water partition coefficient (Wildman–Crippen LogP) is 2.58. The minimum absolute atomic E-state index is 0.0637. The summed E-state index contributed by atoms with van der Waals surface area (Å²) >= 11 is 0. The van der Waals surface area contributed by atoms with E-state index in [0.29, 0.717) is 24.3 Å². The van der Waals surface area contributed by atoms with E-state index >= 15 is 0 Å². The third kappa shape index (κ3) is 8.30. The third-order valence-corrected chi connectivity index (χ3v) is 3.85. The Bertz CT molecular complexity index is 819. The molecule has 0 saturated heterocycles. The van der Waals surface area contributed by atoms with Gasteiger partial charge in [0.25, 0.3) is 5.91 Å². The first-order valence-electron chi connectivity index (χ1n) is 9.21. The lowest BCUT2D eigenvalue weighted by atomic mass is 10.2. The summed E-state index contributed by atoms with van der Waals surface area (Å²) in [6.07, 6.45) is 2.09. The number of benzene rings is 2. The van der Waals surface area contributed by atoms with Crippen molar-refractivity contribution in [2.24, 2.45) is 0 Å². The van der Waals surface area contributed by atoms with E-state index in [2.05, 4.69) is 17.4 Å². The number of carbonyl (C=O) groups excluding carboxylic acids is 3. The van der Waals surface area contributed by atoms with Crippen LogP contribution in [0.3, 0.4) is 0 Å². The first kappa shape index (κ1) is 21.7. The zero-order chi connectivity index (χ0) is 20.9. The van der Waals surface area contributed by atoms with Gasteiger partial charge in [0, 0.05) is 18.4 Å². The normalized spacial score (nSPS) is 9.93. The van der Waals surface area contributed by atoms with Crippen molar-refractivity contribution >= 4 is 17.8 Å². The number of hydrazine groups is 1. The molecule has 29 heavy (non-hydrogen) atoms. The van der Waals surface area contributed by atoms with Crippen molar-refractivity contribution in [2.45, 2.75) is 19.3 Å². The van der Waals surface area contributed by atoms with Crippen LogP contribution in [0, 0.1) is 0 Å². The average molecular weight is 396 g/mol. The van der Waals surface area contributed by atoms with Crippen molar-refractivity contribution < 1.29 is 23.9 Å². The molecule has 7 nitrogen and oxygen atoms in total. The molecule has 0 spiro atoms. The Morgan fingerprint density at radius 3 is 2.34 bits per heavy atom. The van der Waals surface area contributed by atoms with Crippen LogP contribution in [-0.4, -0.2) is 31.0 Å². The van der Waals surface area contributed by atoms with E-state index in [1.54, 1.807) is 30.3 Å². The fourth-order valence-electron chi connectivity index (χ4n) is 2.33. The Kier molecular flexibility index (Phi) is 8.95. The number of ether oxygens (including phenoxy) is 2. The molecule has 152 valence electrons. The van der Waals surface area contributed by atoms with Gasteiger partial charge < -0.3 is 9.47 Å². The molecule has 0 unspecified atom stereocenters. The summed E-state index contributed by atoms with van der Waals surface area (Å²) in [6, 6.07) is 16.1. The van der Waals surface area contributed by atoms with Crippen molar-refractivity contribution in [1.29, 1.82) is 0 Å². The topological polar surface area (TPSA) is 93.7 Å². The van der Waals surface area contributed by atoms with Gasteiger partial charge in [0.1, 0.15) is 12.4 Å². The van der Waals surface area contributed by atoms with Crippen LogP contribution in [0.1, 0.15) is 28.8 Å². The van der Waals surface area contributed by atoms with Gasteiger partial charge in [-0.2, -0.15) is 0 Å². The zero-order valence-corrected chi connectivity index (χ0v) is 16.1. The molecule has 0 saturated carbocycles. The van der Waals surface area contributed by atoms with Crippen molar-refractivity contribution in [1.82, 2.24) is 10.9 Å². The summed E-state index contributed by atoms with van der Waals surface area (Å²) in [6.45, 7) is 4.19. The Morgan fingerprint density at radius 2 is 1.66 bits per heavy atom. The summed E-state index contributed by atoms with van der Waals surface area (Å²) < 4.78 is 10.4. The van der Waals surface area contributed by atoms with Crippen LogP contribution in [0.5, 0.6) is 5.75 Å². The van der Waals surface area contributed by atoms with Crippen molar-refractivity contribution in [2.75, 3.05) is 13.2 Å². The van der Waals surface area contributed by atoms with Crippen LogP contribution in [0.15, 0.2) is 67.3 Å². The number of nitrogens with one attached hydrogen (secondary N) is 2. The number of rotatable bonds is 10. The molecule has 2 aromatic rings. The van der Waals surface area contributed by atoms with Gasteiger partial charge in [-0.25, -0.2) is 0 Å². The number of esters is 1. The molecule has 2 rings (SSSR count). The van der Waals surface area contributed by atoms with Gasteiger partial charge in [-0.3, -0.25) is 25.2 Å². The van der Waals surface area contributed by atoms with E-state index in [9.17, 15) is 14.4 Å². The van der Waals surface area contributed by atoms with Gasteiger partial charge in [0.05, 0.1) is 13.0 Å². The molecule has 0 aromatic heterocycles. The molecular weight excluding hydrogens is 372 g/mol. The first-order valence-corrected chi connectivity index (χ1v) is 9.21. The molecule has 0 atom stereocenters. The van der Waals surface area contributed by atoms with Gasteiger partial charge in [-0.15, -0.1) is 0 Å². The summed E-state index contributed by atoms with van der Waals surface area (Å²) in [5.74, 6) is -0.808. The second-order valence-corrected chi connectivity index (χ2v) is 6.08. The van der Waals surface area contributed by atoms with Crippen LogP contribution in [-0.2, 0) is 20.7 Å².